The van der Waals surface area contributed by atoms with Crippen LogP contribution in [0.3, 0.4) is 0 Å². The van der Waals surface area contributed by atoms with Crippen LogP contribution in [0, 0.1) is 0 Å². The van der Waals surface area contributed by atoms with Crippen molar-refractivity contribution in [2.24, 2.45) is 0 Å². The number of hydrogen-bond acceptors (Lipinski definition) is 6. The van der Waals surface area contributed by atoms with Crippen molar-refractivity contribution in [3.05, 3.63) is 90.0 Å². The first-order chi connectivity index (χ1) is 19.7. The number of carbonyl (C=O) groups excluding carboxylic acids is 3. The van der Waals surface area contributed by atoms with Gasteiger partial charge in [-0.1, -0.05) is 42.5 Å². The SMILES string of the molecule is COc1ccc(NC(=O)C(c2ccc(O)cc2)N(C(=O)C(Cc2ccccc2)NC(=O)OC(C)(C)C)C(C)(C)C)cc1. The van der Waals surface area contributed by atoms with Crippen LogP contribution in [0.1, 0.15) is 58.7 Å². The third kappa shape index (κ3) is 8.99. The molecule has 3 N–H and O–H groups in total. The molecule has 9 nitrogen and oxygen atoms in total. The number of anilines is 1. The Kier molecular flexibility index (Phi) is 10.2. The Labute approximate surface area is 247 Å². The summed E-state index contributed by atoms with van der Waals surface area (Å²) in [5.41, 5.74) is 0.170. The molecule has 224 valence electrons. The quantitative estimate of drug-likeness (QED) is 0.295. The standard InChI is InChI=1S/C33H41N3O6/c1-32(2,3)36(30(39)27(21-22-11-9-8-10-12-22)35-31(40)42-33(4,5)6)28(23-13-17-25(37)18-14-23)29(38)34-24-15-19-26(41-7)20-16-24/h8-20,27-28,37H,21H2,1-7H3,(H,34,38)(H,35,40). The highest BCUT2D eigenvalue weighted by Crippen LogP contribution is 2.32. The average Bonchev–Trinajstić information content (AvgIpc) is 2.91. The fourth-order valence-electron chi connectivity index (χ4n) is 4.47. The number of hydrogen-bond donors (Lipinski definition) is 3. The van der Waals surface area contributed by atoms with E-state index in [1.165, 1.54) is 17.0 Å². The Morgan fingerprint density at radius 2 is 1.45 bits per heavy atom. The van der Waals surface area contributed by atoms with E-state index >= 15 is 0 Å². The molecule has 0 spiro atoms. The molecule has 0 aromatic heterocycles. The number of phenols is 1. The van der Waals surface area contributed by atoms with Crippen molar-refractivity contribution in [2.75, 3.05) is 12.4 Å². The minimum absolute atomic E-state index is 0.0234. The fourth-order valence-corrected chi connectivity index (χ4v) is 4.47. The molecule has 3 rings (SSSR count). The van der Waals surface area contributed by atoms with Gasteiger partial charge >= 0.3 is 6.09 Å². The Bertz CT molecular complexity index is 1340. The predicted molar refractivity (Wildman–Crippen MR) is 162 cm³/mol. The minimum Gasteiger partial charge on any atom is -0.508 e. The van der Waals surface area contributed by atoms with Gasteiger partial charge in [-0.05, 0) is 89.1 Å². The number of phenolic OH excluding ortho intramolecular Hbond substituents is 1. The number of aromatic hydroxyl groups is 1. The minimum atomic E-state index is -1.11. The van der Waals surface area contributed by atoms with Gasteiger partial charge in [0, 0.05) is 17.6 Å². The summed E-state index contributed by atoms with van der Waals surface area (Å²) in [6.45, 7) is 10.7. The third-order valence-electron chi connectivity index (χ3n) is 6.30. The molecule has 0 bridgehead atoms. The van der Waals surface area contributed by atoms with Gasteiger partial charge in [-0.2, -0.15) is 0 Å². The van der Waals surface area contributed by atoms with Crippen molar-refractivity contribution < 1.29 is 29.0 Å². The molecule has 2 atom stereocenters. The molecule has 0 fully saturated rings. The monoisotopic (exact) mass is 575 g/mol. The van der Waals surface area contributed by atoms with Crippen LogP contribution < -0.4 is 15.4 Å². The number of rotatable bonds is 9. The number of carbonyl (C=O) groups is 3. The van der Waals surface area contributed by atoms with E-state index in [0.29, 0.717) is 17.0 Å². The van der Waals surface area contributed by atoms with Gasteiger partial charge in [0.15, 0.2) is 0 Å². The summed E-state index contributed by atoms with van der Waals surface area (Å²) in [6, 6.07) is 20.1. The summed E-state index contributed by atoms with van der Waals surface area (Å²) in [7, 11) is 1.55. The largest absolute Gasteiger partial charge is 0.508 e. The van der Waals surface area contributed by atoms with E-state index in [9.17, 15) is 19.5 Å². The number of benzene rings is 3. The molecular formula is C33H41N3O6. The third-order valence-corrected chi connectivity index (χ3v) is 6.30. The Hall–Kier alpha value is -4.53. The molecule has 3 aromatic carbocycles. The van der Waals surface area contributed by atoms with Crippen molar-refractivity contribution in [1.82, 2.24) is 10.2 Å². The first kappa shape index (κ1) is 32.0. The Balaban J connectivity index is 2.07. The first-order valence-electron chi connectivity index (χ1n) is 13.8. The molecule has 3 aromatic rings. The Morgan fingerprint density at radius 1 is 0.857 bits per heavy atom. The molecule has 0 aliphatic carbocycles. The van der Waals surface area contributed by atoms with Crippen LogP contribution in [-0.4, -0.2) is 52.2 Å². The molecule has 0 aliphatic rings. The molecule has 0 heterocycles. The van der Waals surface area contributed by atoms with E-state index in [-0.39, 0.29) is 12.2 Å². The van der Waals surface area contributed by atoms with Gasteiger partial charge in [0.2, 0.25) is 5.91 Å². The maximum Gasteiger partial charge on any atom is 0.408 e. The Morgan fingerprint density at radius 3 is 1.98 bits per heavy atom. The zero-order valence-electron chi connectivity index (χ0n) is 25.3. The van der Waals surface area contributed by atoms with E-state index in [4.69, 9.17) is 9.47 Å². The molecule has 42 heavy (non-hydrogen) atoms. The topological polar surface area (TPSA) is 117 Å². The van der Waals surface area contributed by atoms with E-state index in [1.54, 1.807) is 64.3 Å². The first-order valence-corrected chi connectivity index (χ1v) is 13.8. The second-order valence-corrected chi connectivity index (χ2v) is 12.0. The van der Waals surface area contributed by atoms with E-state index in [0.717, 1.165) is 5.56 Å². The van der Waals surface area contributed by atoms with Crippen molar-refractivity contribution in [1.29, 1.82) is 0 Å². The normalized spacial score (nSPS) is 12.9. The van der Waals surface area contributed by atoms with Crippen LogP contribution in [0.25, 0.3) is 0 Å². The van der Waals surface area contributed by atoms with Crippen LogP contribution in [0.5, 0.6) is 11.5 Å². The highest BCUT2D eigenvalue weighted by atomic mass is 16.6. The van der Waals surface area contributed by atoms with Crippen LogP contribution >= 0.6 is 0 Å². The lowest BCUT2D eigenvalue weighted by Crippen LogP contribution is -2.58. The van der Waals surface area contributed by atoms with Crippen molar-refractivity contribution in [3.8, 4) is 11.5 Å². The summed E-state index contributed by atoms with van der Waals surface area (Å²) in [5, 5.41) is 15.6. The van der Waals surface area contributed by atoms with Crippen LogP contribution in [0.4, 0.5) is 10.5 Å². The number of nitrogens with zero attached hydrogens (tertiary/aromatic N) is 1. The van der Waals surface area contributed by atoms with Crippen LogP contribution in [0.2, 0.25) is 0 Å². The zero-order chi connectivity index (χ0) is 31.1. The van der Waals surface area contributed by atoms with Gasteiger partial charge in [0.25, 0.3) is 5.91 Å². The van der Waals surface area contributed by atoms with Gasteiger partial charge in [-0.25, -0.2) is 4.79 Å². The van der Waals surface area contributed by atoms with Gasteiger partial charge < -0.3 is 30.1 Å². The van der Waals surface area contributed by atoms with Crippen molar-refractivity contribution in [3.63, 3.8) is 0 Å². The lowest BCUT2D eigenvalue weighted by molar-refractivity contribution is -0.146. The van der Waals surface area contributed by atoms with Crippen molar-refractivity contribution in [2.45, 2.75) is 71.2 Å². The zero-order valence-corrected chi connectivity index (χ0v) is 25.3. The number of ether oxygens (including phenoxy) is 2. The second kappa shape index (κ2) is 13.4. The van der Waals surface area contributed by atoms with Crippen molar-refractivity contribution >= 4 is 23.6 Å². The van der Waals surface area contributed by atoms with Gasteiger partial charge in [0.05, 0.1) is 7.11 Å². The van der Waals surface area contributed by atoms with Gasteiger partial charge in [0.1, 0.15) is 29.2 Å². The van der Waals surface area contributed by atoms with E-state index in [1.807, 2.05) is 51.1 Å². The molecule has 0 radical (unpaired) electrons. The number of methoxy groups -OCH3 is 1. The predicted octanol–water partition coefficient (Wildman–Crippen LogP) is 5.84. The maximum atomic E-state index is 14.5. The highest BCUT2D eigenvalue weighted by Gasteiger charge is 2.42. The maximum absolute atomic E-state index is 14.5. The smallest absolute Gasteiger partial charge is 0.408 e. The number of nitrogens with one attached hydrogen (secondary N) is 2. The molecule has 9 heteroatoms. The lowest BCUT2D eigenvalue weighted by Gasteiger charge is -2.43. The highest BCUT2D eigenvalue weighted by molar-refractivity contribution is 5.99. The molecule has 3 amide bonds. The summed E-state index contributed by atoms with van der Waals surface area (Å²) >= 11 is 0. The van der Waals surface area contributed by atoms with Crippen LogP contribution in [0.15, 0.2) is 78.9 Å². The lowest BCUT2D eigenvalue weighted by atomic mass is 9.94. The van der Waals surface area contributed by atoms with E-state index < -0.39 is 41.1 Å². The fraction of sp³-hybridized carbons (Fsp3) is 0.364. The summed E-state index contributed by atoms with van der Waals surface area (Å²) < 4.78 is 10.7. The van der Waals surface area contributed by atoms with Crippen LogP contribution in [-0.2, 0) is 20.7 Å². The summed E-state index contributed by atoms with van der Waals surface area (Å²) in [5.74, 6) is -0.285. The van der Waals surface area contributed by atoms with E-state index in [2.05, 4.69) is 10.6 Å². The molecule has 0 aliphatic heterocycles. The molecule has 2 unspecified atom stereocenters. The molecule has 0 saturated heterocycles. The van der Waals surface area contributed by atoms with Gasteiger partial charge in [-0.3, -0.25) is 9.59 Å². The molecular weight excluding hydrogens is 534 g/mol. The second-order valence-electron chi connectivity index (χ2n) is 12.0. The summed E-state index contributed by atoms with van der Waals surface area (Å²) in [6.07, 6.45) is -0.567. The molecule has 0 saturated carbocycles. The number of amides is 3. The van der Waals surface area contributed by atoms with Gasteiger partial charge in [-0.15, -0.1) is 0 Å². The summed E-state index contributed by atoms with van der Waals surface area (Å²) in [4.78, 5) is 42.9. The number of alkyl carbamates (subject to hydrolysis) is 1. The average molecular weight is 576 g/mol.